The standard InChI is InChI=1S/C40H66O35/c41-1-8-25-13(46)18(51)34(64-8)71-27-9(2-42)65-35(19(52)14(27)47)72-28-10(3-43)66-36(20(53)15(28)48)73-29-12(5-45)68-38(22(55)17(29)50)75-40(61)7-63-33(24(57)31(40)59)70-26-11(4-44)67-37(21(54)16(26)49)74-39(60)6-62-32(69-25)23(56)30(39)58/h8-38,41-61H,1-7H2/t8?,9?,10?,11?,12?,13-,14-,15-,16-,17-,18?,19?,20?,21?,22?,23?,24?,25+,26-,27+,28-,29-,30-,31-,32+,33-,34+,35-,36-,37-,38-,39-,40-/m1/s1. The van der Waals surface area contributed by atoms with Crippen molar-refractivity contribution in [2.45, 2.75) is 202 Å². The Morgan fingerprint density at radius 3 is 0.720 bits per heavy atom. The predicted molar refractivity (Wildman–Crippen MR) is 219 cm³/mol. The van der Waals surface area contributed by atoms with Crippen LogP contribution in [-0.4, -0.2) is 356 Å². The second-order valence-corrected chi connectivity index (χ2v) is 19.2. The molecule has 0 spiro atoms. The molecule has 0 saturated carbocycles. The van der Waals surface area contributed by atoms with E-state index in [2.05, 4.69) is 0 Å². The summed E-state index contributed by atoms with van der Waals surface area (Å²) in [6.07, 6.45) is -64.9. The summed E-state index contributed by atoms with van der Waals surface area (Å²) in [5.74, 6) is -6.13. The third-order valence-electron chi connectivity index (χ3n) is 14.2. The molecule has 35 nitrogen and oxygen atoms in total. The second-order valence-electron chi connectivity index (χ2n) is 19.2. The minimum absolute atomic E-state index is 1.05. The van der Waals surface area contributed by atoms with Gasteiger partial charge in [-0.15, -0.1) is 0 Å². The molecule has 436 valence electrons. The summed E-state index contributed by atoms with van der Waals surface area (Å²) in [6, 6.07) is 0. The lowest BCUT2D eigenvalue weighted by molar-refractivity contribution is -0.440. The van der Waals surface area contributed by atoms with E-state index in [4.69, 9.17) is 66.3 Å². The summed E-state index contributed by atoms with van der Waals surface area (Å²) in [5, 5.41) is 230. The normalized spacial score (nSPS) is 56.5. The maximum Gasteiger partial charge on any atom is 0.221 e. The van der Waals surface area contributed by atoms with Crippen molar-refractivity contribution in [2.75, 3.05) is 46.2 Å². The highest BCUT2D eigenvalue weighted by molar-refractivity contribution is 5.01. The van der Waals surface area contributed by atoms with Gasteiger partial charge in [-0.05, 0) is 0 Å². The quantitative estimate of drug-likeness (QED) is 0.122. The molecule has 0 amide bonds. The molecule has 21 aliphatic heterocycles. The van der Waals surface area contributed by atoms with E-state index in [9.17, 15) is 107 Å². The Labute approximate surface area is 421 Å². The van der Waals surface area contributed by atoms with Crippen molar-refractivity contribution >= 4 is 0 Å². The van der Waals surface area contributed by atoms with Gasteiger partial charge >= 0.3 is 0 Å². The van der Waals surface area contributed by atoms with E-state index in [1.165, 1.54) is 0 Å². The Hall–Kier alpha value is -1.40. The Balaban J connectivity index is 1.06. The van der Waals surface area contributed by atoms with Crippen LogP contribution in [0.15, 0.2) is 0 Å². The van der Waals surface area contributed by atoms with Crippen LogP contribution in [0.25, 0.3) is 0 Å². The van der Waals surface area contributed by atoms with Crippen LogP contribution in [0.4, 0.5) is 0 Å². The molecular weight excluding hydrogens is 1040 g/mol. The van der Waals surface area contributed by atoms with E-state index in [-0.39, 0.29) is 0 Å². The molecule has 14 bridgehead atoms. The smallest absolute Gasteiger partial charge is 0.221 e. The molecule has 21 aliphatic rings. The molecule has 12 unspecified atom stereocenters. The van der Waals surface area contributed by atoms with Gasteiger partial charge in [0.1, 0.15) is 160 Å². The molecule has 35 heteroatoms. The topological polar surface area (TPSA) is 554 Å². The maximum atomic E-state index is 11.4. The Morgan fingerprint density at radius 2 is 0.480 bits per heavy atom. The molecule has 21 rings (SSSR count). The van der Waals surface area contributed by atoms with Crippen molar-refractivity contribution in [3.8, 4) is 0 Å². The maximum absolute atomic E-state index is 11.4. The molecule has 21 fully saturated rings. The van der Waals surface area contributed by atoms with Crippen molar-refractivity contribution in [1.82, 2.24) is 0 Å². The number of hydrogen-bond acceptors (Lipinski definition) is 35. The first-order valence-corrected chi connectivity index (χ1v) is 23.6. The summed E-state index contributed by atoms with van der Waals surface area (Å²) in [4.78, 5) is 0. The first-order valence-electron chi connectivity index (χ1n) is 23.6. The van der Waals surface area contributed by atoms with Crippen LogP contribution >= 0.6 is 0 Å². The molecule has 21 heterocycles. The van der Waals surface area contributed by atoms with Crippen LogP contribution in [0.1, 0.15) is 0 Å². The lowest BCUT2D eigenvalue weighted by atomic mass is 9.95. The second kappa shape index (κ2) is 24.0. The van der Waals surface area contributed by atoms with Crippen molar-refractivity contribution < 1.29 is 174 Å². The molecule has 21 N–H and O–H groups in total. The van der Waals surface area contributed by atoms with Gasteiger partial charge in [0.15, 0.2) is 44.0 Å². The van der Waals surface area contributed by atoms with Crippen molar-refractivity contribution in [3.05, 3.63) is 0 Å². The third-order valence-corrected chi connectivity index (χ3v) is 14.2. The van der Waals surface area contributed by atoms with Crippen LogP contribution < -0.4 is 0 Å². The molecule has 0 aromatic heterocycles. The minimum Gasteiger partial charge on any atom is -0.394 e. The van der Waals surface area contributed by atoms with Crippen LogP contribution in [0.3, 0.4) is 0 Å². The fraction of sp³-hybridized carbons (Fsp3) is 1.00. The predicted octanol–water partition coefficient (Wildman–Crippen LogP) is -15.3. The number of hydrogen-bond donors (Lipinski definition) is 21. The van der Waals surface area contributed by atoms with Gasteiger partial charge in [-0.25, -0.2) is 0 Å². The zero-order valence-electron chi connectivity index (χ0n) is 39.0. The lowest BCUT2D eigenvalue weighted by Crippen LogP contribution is -2.70. The van der Waals surface area contributed by atoms with Crippen LogP contribution in [0, 0.1) is 0 Å². The van der Waals surface area contributed by atoms with E-state index in [1.54, 1.807) is 0 Å². The summed E-state index contributed by atoms with van der Waals surface area (Å²) in [7, 11) is 0. The highest BCUT2D eigenvalue weighted by Crippen LogP contribution is 2.39. The van der Waals surface area contributed by atoms with Crippen molar-refractivity contribution in [2.24, 2.45) is 0 Å². The van der Waals surface area contributed by atoms with E-state index in [0.29, 0.717) is 0 Å². The highest BCUT2D eigenvalue weighted by Gasteiger charge is 2.61. The molecule has 0 radical (unpaired) electrons. The lowest BCUT2D eigenvalue weighted by Gasteiger charge is -2.50. The van der Waals surface area contributed by atoms with Gasteiger partial charge < -0.3 is 174 Å². The summed E-state index contributed by atoms with van der Waals surface area (Å²) in [5.41, 5.74) is 0. The first kappa shape index (κ1) is 59.7. The number of ether oxygens (including phenoxy) is 14. The zero-order valence-corrected chi connectivity index (χ0v) is 39.0. The fourth-order valence-electron chi connectivity index (χ4n) is 9.86. The van der Waals surface area contributed by atoms with Gasteiger partial charge in [0.25, 0.3) is 0 Å². The summed E-state index contributed by atoms with van der Waals surface area (Å²) in [6.45, 7) is -7.68. The average molecular weight is 1110 g/mol. The minimum atomic E-state index is -3.07. The summed E-state index contributed by atoms with van der Waals surface area (Å²) < 4.78 is 77.6. The van der Waals surface area contributed by atoms with Crippen LogP contribution in [0.5, 0.6) is 0 Å². The molecule has 0 aromatic rings. The van der Waals surface area contributed by atoms with E-state index in [1.807, 2.05) is 0 Å². The van der Waals surface area contributed by atoms with Gasteiger partial charge in [-0.2, -0.15) is 0 Å². The van der Waals surface area contributed by atoms with Crippen LogP contribution in [-0.2, 0) is 66.3 Å². The number of rotatable bonds is 5. The fourth-order valence-corrected chi connectivity index (χ4v) is 9.86. The van der Waals surface area contributed by atoms with Gasteiger partial charge in [0.05, 0.1) is 33.0 Å². The molecule has 21 saturated heterocycles. The largest absolute Gasteiger partial charge is 0.394 e. The van der Waals surface area contributed by atoms with E-state index in [0.717, 1.165) is 0 Å². The Kier molecular flexibility index (Phi) is 19.1. The van der Waals surface area contributed by atoms with Gasteiger partial charge in [0.2, 0.25) is 11.6 Å². The summed E-state index contributed by atoms with van der Waals surface area (Å²) >= 11 is 0. The SMILES string of the molecule is OCC1O[C@@H]2O[C@]3(O)CO[C@H](O[C@@H]4C(CO)O[C@H](O[C@]5(O)CO[C@@H](O[C@H]6C(CO)O[C@@H](O[C@H]7C(CO)O[C@H](O[C@@H]8C(CO)O[C@H](O[C@H]1[C@H](O)C2O)C(O)[C@H]8O)C(O)[C@H]7O)C(O)[C@H]6O)C(O)[C@H]5O)C(O)[C@H]4O)C(O)[C@H]3O. The Morgan fingerprint density at radius 1 is 0.267 bits per heavy atom. The molecule has 0 aromatic carbocycles. The number of aliphatic hydroxyl groups excluding tert-OH is 19. The van der Waals surface area contributed by atoms with Crippen molar-refractivity contribution in [3.63, 3.8) is 0 Å². The van der Waals surface area contributed by atoms with Gasteiger partial charge in [-0.3, -0.25) is 0 Å². The molecule has 75 heavy (non-hydrogen) atoms. The van der Waals surface area contributed by atoms with Gasteiger partial charge in [-0.1, -0.05) is 0 Å². The van der Waals surface area contributed by atoms with E-state index >= 15 is 0 Å². The first-order chi connectivity index (χ1) is 35.4. The monoisotopic (exact) mass is 1110 g/mol. The molecular formula is C40H66O35. The average Bonchev–Trinajstić information content (AvgIpc) is 3.39. The van der Waals surface area contributed by atoms with E-state index < -0.39 is 248 Å². The van der Waals surface area contributed by atoms with Crippen molar-refractivity contribution in [1.29, 1.82) is 0 Å². The Bertz CT molecular complexity index is 1820. The molecule has 0 aliphatic carbocycles. The number of aliphatic hydroxyl groups is 21. The van der Waals surface area contributed by atoms with Gasteiger partial charge in [0, 0.05) is 0 Å². The highest BCUT2D eigenvalue weighted by atomic mass is 16.8. The zero-order chi connectivity index (χ0) is 54.7. The third kappa shape index (κ3) is 11.3. The van der Waals surface area contributed by atoms with Crippen LogP contribution in [0.2, 0.25) is 0 Å². The molecule has 33 atom stereocenters.